The Labute approximate surface area is 312 Å². The van der Waals surface area contributed by atoms with Gasteiger partial charge in [-0.3, -0.25) is 28.8 Å². The molecular weight excluding hydrogens is 666 g/mol. The van der Waals surface area contributed by atoms with Crippen molar-refractivity contribution in [2.24, 2.45) is 29.6 Å². The smallest absolute Gasteiger partial charge is 0.146 e. The van der Waals surface area contributed by atoms with E-state index in [1.54, 1.807) is 34.6 Å². The maximum absolute atomic E-state index is 10.7. The number of nitrogens with one attached hydrogen (secondary N) is 1. The fourth-order valence-electron chi connectivity index (χ4n) is 7.67. The molecule has 0 aromatic rings. The number of aliphatic hydroxyl groups excluding tert-OH is 4. The predicted molar refractivity (Wildman–Crippen MR) is 200 cm³/mol. The molecule has 0 aromatic heterocycles. The molecule has 0 radical (unpaired) electrons. The first-order valence-electron chi connectivity index (χ1n) is 19.9. The van der Waals surface area contributed by atoms with Gasteiger partial charge in [0.1, 0.15) is 34.7 Å². The molecule has 6 fully saturated rings. The molecule has 8 atom stereocenters. The van der Waals surface area contributed by atoms with Gasteiger partial charge in [0.05, 0.1) is 30.5 Å². The van der Waals surface area contributed by atoms with Crippen LogP contribution in [0.15, 0.2) is 0 Å². The van der Waals surface area contributed by atoms with Crippen LogP contribution >= 0.6 is 0 Å². The van der Waals surface area contributed by atoms with Crippen molar-refractivity contribution >= 4 is 34.7 Å². The van der Waals surface area contributed by atoms with E-state index in [1.165, 1.54) is 32.6 Å². The summed E-state index contributed by atoms with van der Waals surface area (Å²) in [5.74, 6) is 2.89. The third-order valence-electron chi connectivity index (χ3n) is 11.4. The topological polar surface area (TPSA) is 195 Å². The standard InChI is InChI=1S/3C7H12O2.2C7H12O.C6H11NO2/c3*1-5(8)6-2-3-7(9)4-6;2*1-6(8)7-4-2-3-5-7;1-4(8)6-2-5(9)3-7-6/h3*6-7,9H,2-4H2,1H3;2*7H,2-5H2,1H3;5-7,9H,2-3H2,1H3/t6?,7-;2*6-,7+;;;5-,6?/m010..0/s1. The number of aliphatic hydroxyl groups is 4. The van der Waals surface area contributed by atoms with Crippen LogP contribution in [-0.2, 0) is 28.8 Å². The van der Waals surface area contributed by atoms with E-state index in [0.717, 1.165) is 64.2 Å². The molecular formula is C41H71NO10. The summed E-state index contributed by atoms with van der Waals surface area (Å²) in [6.45, 7) is 10.3. The van der Waals surface area contributed by atoms with Gasteiger partial charge in [0.2, 0.25) is 0 Å². The number of rotatable bonds is 6. The number of hydrogen-bond donors (Lipinski definition) is 5. The Morgan fingerprint density at radius 3 is 0.769 bits per heavy atom. The molecule has 6 aliphatic rings. The third-order valence-corrected chi connectivity index (χ3v) is 11.4. The van der Waals surface area contributed by atoms with Crippen molar-refractivity contribution < 1.29 is 49.2 Å². The lowest BCUT2D eigenvalue weighted by atomic mass is 10.0. The lowest BCUT2D eigenvalue weighted by molar-refractivity contribution is -0.121. The highest BCUT2D eigenvalue weighted by Gasteiger charge is 2.28. The Bertz CT molecular complexity index is 967. The highest BCUT2D eigenvalue weighted by molar-refractivity contribution is 5.82. The quantitative estimate of drug-likeness (QED) is 0.245. The van der Waals surface area contributed by atoms with Crippen molar-refractivity contribution in [1.29, 1.82) is 0 Å². The fourth-order valence-corrected chi connectivity index (χ4v) is 7.67. The first kappa shape index (κ1) is 47.8. The first-order chi connectivity index (χ1) is 24.4. The Morgan fingerprint density at radius 1 is 0.365 bits per heavy atom. The number of carbonyl (C=O) groups excluding carboxylic acids is 6. The van der Waals surface area contributed by atoms with E-state index in [2.05, 4.69) is 5.32 Å². The van der Waals surface area contributed by atoms with Gasteiger partial charge in [-0.2, -0.15) is 0 Å². The van der Waals surface area contributed by atoms with Crippen molar-refractivity contribution in [2.45, 2.75) is 188 Å². The largest absolute Gasteiger partial charge is 0.393 e. The van der Waals surface area contributed by atoms with Gasteiger partial charge in [0.15, 0.2) is 0 Å². The predicted octanol–water partition coefficient (Wildman–Crippen LogP) is 5.04. The van der Waals surface area contributed by atoms with Crippen LogP contribution in [0.1, 0.15) is 157 Å². The number of Topliss-reactive ketones (excluding diaryl/α,β-unsaturated/α-hetero) is 6. The van der Waals surface area contributed by atoms with Crippen molar-refractivity contribution in [3.8, 4) is 0 Å². The number of hydrogen-bond acceptors (Lipinski definition) is 11. The second-order valence-electron chi connectivity index (χ2n) is 16.0. The van der Waals surface area contributed by atoms with E-state index in [4.69, 9.17) is 20.4 Å². The van der Waals surface area contributed by atoms with Gasteiger partial charge in [0.25, 0.3) is 0 Å². The van der Waals surface area contributed by atoms with E-state index >= 15 is 0 Å². The van der Waals surface area contributed by atoms with Crippen LogP contribution in [0.5, 0.6) is 0 Å². The molecule has 0 amide bonds. The van der Waals surface area contributed by atoms with E-state index in [9.17, 15) is 28.8 Å². The Balaban J connectivity index is 0.000000312. The van der Waals surface area contributed by atoms with E-state index < -0.39 is 0 Å². The zero-order valence-electron chi connectivity index (χ0n) is 32.9. The minimum absolute atomic E-state index is 0.0972. The SMILES string of the molecule is CC(=O)C1CCCC1.CC(=O)C1CCCC1.CC(=O)C1CC[C@H](O)C1.CC(=O)C1C[C@H](O)CN1.CC(=O)[C@@H]1CC[C@H](O)C1.CC(=O)[C@H]1CC[C@@H](O)C1. The van der Waals surface area contributed by atoms with Crippen molar-refractivity contribution in [1.82, 2.24) is 5.32 Å². The lowest BCUT2D eigenvalue weighted by Crippen LogP contribution is -2.28. The second-order valence-corrected chi connectivity index (χ2v) is 16.0. The summed E-state index contributed by atoms with van der Waals surface area (Å²) in [7, 11) is 0. The van der Waals surface area contributed by atoms with Gasteiger partial charge in [-0.15, -0.1) is 0 Å². The van der Waals surface area contributed by atoms with Crippen LogP contribution in [0.25, 0.3) is 0 Å². The minimum Gasteiger partial charge on any atom is -0.393 e. The molecule has 11 heteroatoms. The molecule has 2 unspecified atom stereocenters. The Morgan fingerprint density at radius 2 is 0.654 bits per heavy atom. The monoisotopic (exact) mass is 738 g/mol. The number of β-amino-alcohol motifs (C(OH)–C–C–N with tert-alkyl or cyclic N) is 1. The molecule has 1 heterocycles. The maximum Gasteiger partial charge on any atom is 0.146 e. The maximum atomic E-state index is 10.7. The summed E-state index contributed by atoms with van der Waals surface area (Å²) in [5, 5.41) is 38.8. The summed E-state index contributed by atoms with van der Waals surface area (Å²) in [5.41, 5.74) is 0. The van der Waals surface area contributed by atoms with Gasteiger partial charge in [0, 0.05) is 36.1 Å². The van der Waals surface area contributed by atoms with Crippen LogP contribution < -0.4 is 5.32 Å². The molecule has 0 bridgehead atoms. The fraction of sp³-hybridized carbons (Fsp3) is 0.854. The van der Waals surface area contributed by atoms with Crippen LogP contribution in [0.4, 0.5) is 0 Å². The van der Waals surface area contributed by atoms with Crippen molar-refractivity contribution in [3.05, 3.63) is 0 Å². The van der Waals surface area contributed by atoms with Gasteiger partial charge in [-0.25, -0.2) is 0 Å². The van der Waals surface area contributed by atoms with Gasteiger partial charge in [-0.1, -0.05) is 25.7 Å². The molecule has 0 spiro atoms. The average Bonchev–Trinajstić information content (AvgIpc) is 3.92. The molecule has 11 nitrogen and oxygen atoms in total. The number of ketones is 6. The van der Waals surface area contributed by atoms with E-state index in [-0.39, 0.29) is 71.3 Å². The third kappa shape index (κ3) is 20.3. The lowest BCUT2D eigenvalue weighted by Gasteiger charge is -2.01. The summed E-state index contributed by atoms with van der Waals surface area (Å²) in [6.07, 6.45) is 16.5. The zero-order valence-corrected chi connectivity index (χ0v) is 32.9. The zero-order chi connectivity index (χ0) is 39.4. The highest BCUT2D eigenvalue weighted by Crippen LogP contribution is 2.28. The van der Waals surface area contributed by atoms with Crippen LogP contribution in [0, 0.1) is 29.6 Å². The van der Waals surface area contributed by atoms with Gasteiger partial charge >= 0.3 is 0 Å². The molecule has 1 aliphatic heterocycles. The summed E-state index contributed by atoms with van der Waals surface area (Å²) in [6, 6.07) is -0.0972. The van der Waals surface area contributed by atoms with Crippen LogP contribution in [0.2, 0.25) is 0 Å². The summed E-state index contributed by atoms with van der Waals surface area (Å²) < 4.78 is 0. The van der Waals surface area contributed by atoms with Gasteiger partial charge in [-0.05, 0) is 131 Å². The Kier molecular flexibility index (Phi) is 23.7. The van der Waals surface area contributed by atoms with Crippen LogP contribution in [0.3, 0.4) is 0 Å². The summed E-state index contributed by atoms with van der Waals surface area (Å²) >= 11 is 0. The van der Waals surface area contributed by atoms with E-state index in [0.29, 0.717) is 55.6 Å². The average molecular weight is 738 g/mol. The molecule has 6 rings (SSSR count). The molecule has 300 valence electrons. The molecule has 1 saturated heterocycles. The minimum atomic E-state index is -0.320. The normalized spacial score (nSPS) is 30.8. The molecule has 52 heavy (non-hydrogen) atoms. The summed E-state index contributed by atoms with van der Waals surface area (Å²) in [4.78, 5) is 64.0. The second kappa shape index (κ2) is 25.8. The number of carbonyl (C=O) groups is 6. The first-order valence-corrected chi connectivity index (χ1v) is 19.9. The molecule has 5 N–H and O–H groups in total. The van der Waals surface area contributed by atoms with E-state index in [1.807, 2.05) is 0 Å². The van der Waals surface area contributed by atoms with Crippen molar-refractivity contribution in [2.75, 3.05) is 6.54 Å². The Hall–Kier alpha value is -2.18. The molecule has 5 aliphatic carbocycles. The van der Waals surface area contributed by atoms with Crippen LogP contribution in [-0.4, -0.2) is 92.1 Å². The molecule has 5 saturated carbocycles. The van der Waals surface area contributed by atoms with Gasteiger partial charge < -0.3 is 25.7 Å². The van der Waals surface area contributed by atoms with Crippen molar-refractivity contribution in [3.63, 3.8) is 0 Å². The highest BCUT2D eigenvalue weighted by atomic mass is 16.3. The molecule has 0 aromatic carbocycles.